The molecule has 13 heavy (non-hydrogen) atoms. The van der Waals surface area contributed by atoms with Crippen LogP contribution in [0.4, 0.5) is 4.39 Å². The summed E-state index contributed by atoms with van der Waals surface area (Å²) in [6.07, 6.45) is 0.298. The lowest BCUT2D eigenvalue weighted by molar-refractivity contribution is 0.444. The minimum absolute atomic E-state index is 0.259. The summed E-state index contributed by atoms with van der Waals surface area (Å²) < 4.78 is 12.1. The highest BCUT2D eigenvalue weighted by Gasteiger charge is 2.08. The van der Waals surface area contributed by atoms with Crippen molar-refractivity contribution in [1.29, 1.82) is 0 Å². The maximum atomic E-state index is 12.1. The Kier molecular flexibility index (Phi) is 3.29. The van der Waals surface area contributed by atoms with E-state index in [4.69, 9.17) is 0 Å². The summed E-state index contributed by atoms with van der Waals surface area (Å²) in [4.78, 5) is 0. The van der Waals surface area contributed by atoms with Crippen LogP contribution in [-0.2, 0) is 6.42 Å². The number of phenols is 1. The van der Waals surface area contributed by atoms with E-state index >= 15 is 0 Å². The highest BCUT2D eigenvalue weighted by molar-refractivity contribution is 5.42. The molecule has 0 aliphatic heterocycles. The SMILES string of the molecule is CC(C)c1cccc(CCF)c1O. The van der Waals surface area contributed by atoms with Crippen LogP contribution < -0.4 is 0 Å². The van der Waals surface area contributed by atoms with E-state index in [-0.39, 0.29) is 11.7 Å². The van der Waals surface area contributed by atoms with Crippen molar-refractivity contribution in [3.05, 3.63) is 29.3 Å². The average Bonchev–Trinajstić information content (AvgIpc) is 2.08. The molecule has 2 heteroatoms. The summed E-state index contributed by atoms with van der Waals surface area (Å²) in [5, 5.41) is 9.72. The molecule has 1 N–H and O–H groups in total. The van der Waals surface area contributed by atoms with Crippen molar-refractivity contribution >= 4 is 0 Å². The van der Waals surface area contributed by atoms with Gasteiger partial charge in [-0.3, -0.25) is 4.39 Å². The Morgan fingerprint density at radius 1 is 1.38 bits per heavy atom. The van der Waals surface area contributed by atoms with Crippen LogP contribution in [0.2, 0.25) is 0 Å². The van der Waals surface area contributed by atoms with Crippen LogP contribution in [0.25, 0.3) is 0 Å². The van der Waals surface area contributed by atoms with Gasteiger partial charge in [-0.05, 0) is 17.0 Å². The third-order valence-electron chi connectivity index (χ3n) is 2.14. The predicted octanol–water partition coefficient (Wildman–Crippen LogP) is 3.03. The first-order valence-electron chi connectivity index (χ1n) is 4.53. The average molecular weight is 182 g/mol. The third kappa shape index (κ3) is 2.20. The number of hydrogen-bond acceptors (Lipinski definition) is 1. The van der Waals surface area contributed by atoms with Crippen LogP contribution in [0.1, 0.15) is 30.9 Å². The van der Waals surface area contributed by atoms with Crippen LogP contribution in [0.3, 0.4) is 0 Å². The Morgan fingerprint density at radius 3 is 2.62 bits per heavy atom. The quantitative estimate of drug-likeness (QED) is 0.761. The second kappa shape index (κ2) is 4.26. The molecule has 1 aromatic carbocycles. The summed E-state index contributed by atoms with van der Waals surface area (Å²) in [7, 11) is 0. The second-order valence-electron chi connectivity index (χ2n) is 3.45. The van der Waals surface area contributed by atoms with Gasteiger partial charge in [0.15, 0.2) is 0 Å². The molecule has 1 rings (SSSR count). The van der Waals surface area contributed by atoms with Gasteiger partial charge in [0.2, 0.25) is 0 Å². The highest BCUT2D eigenvalue weighted by Crippen LogP contribution is 2.28. The molecule has 0 amide bonds. The lowest BCUT2D eigenvalue weighted by atomic mass is 9.98. The summed E-state index contributed by atoms with van der Waals surface area (Å²) in [5.74, 6) is 0.537. The molecule has 0 aliphatic rings. The summed E-state index contributed by atoms with van der Waals surface area (Å²) >= 11 is 0. The molecule has 0 fully saturated rings. The van der Waals surface area contributed by atoms with Gasteiger partial charge < -0.3 is 5.11 Å². The van der Waals surface area contributed by atoms with Crippen molar-refractivity contribution < 1.29 is 9.50 Å². The number of hydrogen-bond donors (Lipinski definition) is 1. The number of rotatable bonds is 3. The van der Waals surface area contributed by atoms with Crippen molar-refractivity contribution in [2.24, 2.45) is 0 Å². The molecular formula is C11H15FO. The Labute approximate surface area is 78.2 Å². The molecule has 0 saturated carbocycles. The van der Waals surface area contributed by atoms with Gasteiger partial charge in [0.1, 0.15) is 5.75 Å². The molecule has 0 atom stereocenters. The van der Waals surface area contributed by atoms with E-state index < -0.39 is 6.67 Å². The van der Waals surface area contributed by atoms with Gasteiger partial charge >= 0.3 is 0 Å². The molecule has 1 aromatic rings. The van der Waals surface area contributed by atoms with Crippen molar-refractivity contribution in [3.63, 3.8) is 0 Å². The first-order valence-corrected chi connectivity index (χ1v) is 4.53. The fraction of sp³-hybridized carbons (Fsp3) is 0.455. The summed E-state index contributed by atoms with van der Waals surface area (Å²) in [6, 6.07) is 5.50. The van der Waals surface area contributed by atoms with Gasteiger partial charge in [0.05, 0.1) is 6.67 Å². The van der Waals surface area contributed by atoms with E-state index in [2.05, 4.69) is 0 Å². The van der Waals surface area contributed by atoms with E-state index in [0.29, 0.717) is 12.0 Å². The topological polar surface area (TPSA) is 20.2 Å². The number of aryl methyl sites for hydroxylation is 1. The molecule has 0 saturated heterocycles. The lowest BCUT2D eigenvalue weighted by Crippen LogP contribution is -1.94. The van der Waals surface area contributed by atoms with Gasteiger partial charge in [0, 0.05) is 6.42 Å². The van der Waals surface area contributed by atoms with Crippen molar-refractivity contribution in [2.75, 3.05) is 6.67 Å². The molecule has 0 heterocycles. The van der Waals surface area contributed by atoms with Crippen molar-refractivity contribution in [2.45, 2.75) is 26.2 Å². The molecule has 0 bridgehead atoms. The van der Waals surface area contributed by atoms with E-state index in [1.807, 2.05) is 26.0 Å². The number of para-hydroxylation sites is 1. The number of halogens is 1. The summed E-state index contributed by atoms with van der Waals surface area (Å²) in [6.45, 7) is 3.59. The van der Waals surface area contributed by atoms with Crippen molar-refractivity contribution in [3.8, 4) is 5.75 Å². The first kappa shape index (κ1) is 10.0. The van der Waals surface area contributed by atoms with Crippen LogP contribution in [0.5, 0.6) is 5.75 Å². The van der Waals surface area contributed by atoms with Crippen LogP contribution in [0.15, 0.2) is 18.2 Å². The van der Waals surface area contributed by atoms with E-state index in [9.17, 15) is 9.50 Å². The van der Waals surface area contributed by atoms with Crippen LogP contribution in [-0.4, -0.2) is 11.8 Å². The maximum absolute atomic E-state index is 12.1. The lowest BCUT2D eigenvalue weighted by Gasteiger charge is -2.11. The van der Waals surface area contributed by atoms with Gasteiger partial charge in [-0.1, -0.05) is 32.0 Å². The first-order chi connectivity index (χ1) is 6.16. The molecule has 0 aliphatic carbocycles. The standard InChI is InChI=1S/C11H15FO/c1-8(2)10-5-3-4-9(6-7-12)11(10)13/h3-5,8,13H,6-7H2,1-2H3. The van der Waals surface area contributed by atoms with Gasteiger partial charge in [0.25, 0.3) is 0 Å². The normalized spacial score (nSPS) is 10.8. The van der Waals surface area contributed by atoms with Gasteiger partial charge in [-0.2, -0.15) is 0 Å². The third-order valence-corrected chi connectivity index (χ3v) is 2.14. The van der Waals surface area contributed by atoms with E-state index in [1.165, 1.54) is 0 Å². The maximum Gasteiger partial charge on any atom is 0.122 e. The zero-order chi connectivity index (χ0) is 9.84. The largest absolute Gasteiger partial charge is 0.507 e. The number of benzene rings is 1. The monoisotopic (exact) mass is 182 g/mol. The molecule has 1 nitrogen and oxygen atoms in total. The zero-order valence-corrected chi connectivity index (χ0v) is 8.05. The molecular weight excluding hydrogens is 167 g/mol. The summed E-state index contributed by atoms with van der Waals surface area (Å²) in [5.41, 5.74) is 1.60. The minimum atomic E-state index is -0.422. The van der Waals surface area contributed by atoms with Gasteiger partial charge in [-0.15, -0.1) is 0 Å². The Hall–Kier alpha value is -1.05. The molecule has 0 radical (unpaired) electrons. The zero-order valence-electron chi connectivity index (χ0n) is 8.05. The Balaban J connectivity index is 3.03. The van der Waals surface area contributed by atoms with Gasteiger partial charge in [-0.25, -0.2) is 0 Å². The van der Waals surface area contributed by atoms with E-state index in [1.54, 1.807) is 6.07 Å². The fourth-order valence-electron chi connectivity index (χ4n) is 1.38. The Bertz CT molecular complexity index is 281. The van der Waals surface area contributed by atoms with Crippen molar-refractivity contribution in [1.82, 2.24) is 0 Å². The highest BCUT2D eigenvalue weighted by atomic mass is 19.1. The van der Waals surface area contributed by atoms with Crippen LogP contribution in [0, 0.1) is 0 Å². The number of aromatic hydroxyl groups is 1. The number of alkyl halides is 1. The fourth-order valence-corrected chi connectivity index (χ4v) is 1.38. The molecule has 0 spiro atoms. The second-order valence-corrected chi connectivity index (χ2v) is 3.45. The minimum Gasteiger partial charge on any atom is -0.507 e. The van der Waals surface area contributed by atoms with E-state index in [0.717, 1.165) is 5.56 Å². The van der Waals surface area contributed by atoms with Crippen LogP contribution >= 0.6 is 0 Å². The smallest absolute Gasteiger partial charge is 0.122 e. The number of phenolic OH excluding ortho intramolecular Hbond substituents is 1. The molecule has 0 aromatic heterocycles. The molecule has 0 unspecified atom stereocenters. The predicted molar refractivity (Wildman–Crippen MR) is 51.9 cm³/mol. The molecule has 72 valence electrons. The Morgan fingerprint density at radius 2 is 2.08 bits per heavy atom.